The van der Waals surface area contributed by atoms with Gasteiger partial charge in [0.2, 0.25) is 10.0 Å². The van der Waals surface area contributed by atoms with Gasteiger partial charge in [-0.1, -0.05) is 23.7 Å². The van der Waals surface area contributed by atoms with Crippen molar-refractivity contribution in [3.05, 3.63) is 67.6 Å². The van der Waals surface area contributed by atoms with Gasteiger partial charge >= 0.3 is 5.69 Å². The number of H-pyrrole nitrogens is 1. The van der Waals surface area contributed by atoms with Gasteiger partial charge < -0.3 is 4.98 Å². The van der Waals surface area contributed by atoms with E-state index in [1.54, 1.807) is 4.57 Å². The highest BCUT2D eigenvalue weighted by molar-refractivity contribution is 7.89. The second-order valence-corrected chi connectivity index (χ2v) is 9.60. The van der Waals surface area contributed by atoms with E-state index in [0.717, 1.165) is 17.1 Å². The number of sulfonamides is 1. The molecule has 1 aliphatic rings. The van der Waals surface area contributed by atoms with Crippen LogP contribution in [0.1, 0.15) is 24.4 Å². The lowest BCUT2D eigenvalue weighted by molar-refractivity contribution is -0.385. The maximum Gasteiger partial charge on any atom is 0.326 e. The monoisotopic (exact) mass is 450 g/mol. The Balaban J connectivity index is 1.60. The molecule has 0 radical (unpaired) electrons. The average molecular weight is 451 g/mol. The molecule has 158 valence electrons. The molecule has 0 bridgehead atoms. The molecule has 1 fully saturated rings. The number of hydrogen-bond acceptors (Lipinski definition) is 5. The van der Waals surface area contributed by atoms with Crippen LogP contribution in [0.3, 0.4) is 0 Å². The van der Waals surface area contributed by atoms with E-state index in [1.807, 2.05) is 24.3 Å². The Morgan fingerprint density at radius 3 is 2.53 bits per heavy atom. The summed E-state index contributed by atoms with van der Waals surface area (Å²) in [5.74, 6) is 0. The largest absolute Gasteiger partial charge is 0.326 e. The van der Waals surface area contributed by atoms with Crippen molar-refractivity contribution < 1.29 is 13.3 Å². The first-order chi connectivity index (χ1) is 14.2. The molecule has 9 nitrogen and oxygen atoms in total. The summed E-state index contributed by atoms with van der Waals surface area (Å²) in [5, 5.41) is 11.3. The van der Waals surface area contributed by atoms with E-state index < -0.39 is 14.9 Å². The van der Waals surface area contributed by atoms with Gasteiger partial charge in [0.1, 0.15) is 0 Å². The lowest BCUT2D eigenvalue weighted by Gasteiger charge is -2.31. The van der Waals surface area contributed by atoms with Crippen LogP contribution in [0, 0.1) is 17.0 Å². The van der Waals surface area contributed by atoms with Crippen molar-refractivity contribution in [1.29, 1.82) is 0 Å². The summed E-state index contributed by atoms with van der Waals surface area (Å²) in [6.07, 6.45) is 0.894. The molecule has 1 aliphatic heterocycles. The van der Waals surface area contributed by atoms with Crippen molar-refractivity contribution in [1.82, 2.24) is 13.9 Å². The van der Waals surface area contributed by atoms with Crippen molar-refractivity contribution in [2.45, 2.75) is 30.7 Å². The summed E-state index contributed by atoms with van der Waals surface area (Å²) in [6, 6.07) is 9.51. The zero-order chi connectivity index (χ0) is 21.6. The second-order valence-electron chi connectivity index (χ2n) is 7.26. The summed E-state index contributed by atoms with van der Waals surface area (Å²) in [6.45, 7) is 1.86. The van der Waals surface area contributed by atoms with Crippen LogP contribution in [-0.4, -0.2) is 40.3 Å². The van der Waals surface area contributed by atoms with Gasteiger partial charge in [-0.05, 0) is 38.0 Å². The minimum Gasteiger partial charge on any atom is -0.306 e. The first-order valence-corrected chi connectivity index (χ1v) is 11.2. The number of benzene rings is 2. The number of para-hydroxylation sites is 2. The fourth-order valence-corrected chi connectivity index (χ4v) is 5.70. The number of piperidine rings is 1. The van der Waals surface area contributed by atoms with Gasteiger partial charge in [0.15, 0.2) is 0 Å². The van der Waals surface area contributed by atoms with Gasteiger partial charge in [0, 0.05) is 30.8 Å². The van der Waals surface area contributed by atoms with Crippen LogP contribution in [0.2, 0.25) is 5.02 Å². The molecule has 1 saturated heterocycles. The van der Waals surface area contributed by atoms with Gasteiger partial charge in [-0.2, -0.15) is 4.31 Å². The smallest absolute Gasteiger partial charge is 0.306 e. The van der Waals surface area contributed by atoms with Crippen molar-refractivity contribution in [2.24, 2.45) is 0 Å². The minimum atomic E-state index is -3.95. The molecule has 4 rings (SSSR count). The topological polar surface area (TPSA) is 118 Å². The predicted molar refractivity (Wildman–Crippen MR) is 112 cm³/mol. The first-order valence-electron chi connectivity index (χ1n) is 9.34. The molecular weight excluding hydrogens is 432 g/mol. The van der Waals surface area contributed by atoms with E-state index in [1.165, 1.54) is 17.3 Å². The molecule has 0 unspecified atom stereocenters. The van der Waals surface area contributed by atoms with Gasteiger partial charge in [-0.3, -0.25) is 14.7 Å². The highest BCUT2D eigenvalue weighted by Crippen LogP contribution is 2.33. The molecule has 0 saturated carbocycles. The molecule has 2 heterocycles. The molecule has 30 heavy (non-hydrogen) atoms. The summed E-state index contributed by atoms with van der Waals surface area (Å²) in [7, 11) is -3.95. The molecule has 2 aromatic carbocycles. The number of nitrogens with one attached hydrogen (secondary N) is 1. The normalized spacial score (nSPS) is 16.2. The van der Waals surface area contributed by atoms with Crippen molar-refractivity contribution >= 4 is 38.3 Å². The number of fused-ring (bicyclic) bond motifs is 1. The van der Waals surface area contributed by atoms with Crippen molar-refractivity contribution in [2.75, 3.05) is 13.1 Å². The Hall–Kier alpha value is -2.69. The van der Waals surface area contributed by atoms with E-state index >= 15 is 0 Å². The van der Waals surface area contributed by atoms with E-state index in [-0.39, 0.29) is 46.0 Å². The van der Waals surface area contributed by atoms with E-state index in [0.29, 0.717) is 12.8 Å². The maximum atomic E-state index is 13.1. The van der Waals surface area contributed by atoms with Crippen molar-refractivity contribution in [3.63, 3.8) is 0 Å². The fraction of sp³-hybridized carbons (Fsp3) is 0.316. The van der Waals surface area contributed by atoms with Gasteiger partial charge in [0.05, 0.1) is 25.9 Å². The average Bonchev–Trinajstić information content (AvgIpc) is 3.05. The SMILES string of the molecule is Cc1c(Cl)cc(S(=O)(=O)N2CCC(n3c(=O)[nH]c4ccccc43)CC2)cc1[N+](=O)[O-]. The third-order valence-corrected chi connectivity index (χ3v) is 7.81. The summed E-state index contributed by atoms with van der Waals surface area (Å²) in [5.41, 5.74) is 1.18. The van der Waals surface area contributed by atoms with E-state index in [4.69, 9.17) is 11.6 Å². The second kappa shape index (κ2) is 7.53. The van der Waals surface area contributed by atoms with Crippen LogP contribution in [0.25, 0.3) is 11.0 Å². The number of rotatable bonds is 4. The van der Waals surface area contributed by atoms with Crippen LogP contribution >= 0.6 is 11.6 Å². The number of nitro benzene ring substituents is 1. The fourth-order valence-electron chi connectivity index (χ4n) is 3.91. The molecule has 0 atom stereocenters. The van der Waals surface area contributed by atoms with Crippen LogP contribution < -0.4 is 5.69 Å². The van der Waals surface area contributed by atoms with Gasteiger partial charge in [-0.25, -0.2) is 13.2 Å². The van der Waals surface area contributed by atoms with Crippen LogP contribution in [0.5, 0.6) is 0 Å². The van der Waals surface area contributed by atoms with Crippen LogP contribution in [0.15, 0.2) is 46.1 Å². The zero-order valence-electron chi connectivity index (χ0n) is 16.0. The van der Waals surface area contributed by atoms with Gasteiger partial charge in [0.25, 0.3) is 5.69 Å². The quantitative estimate of drug-likeness (QED) is 0.483. The predicted octanol–water partition coefficient (Wildman–Crippen LogP) is 3.23. The highest BCUT2D eigenvalue weighted by Gasteiger charge is 2.33. The van der Waals surface area contributed by atoms with E-state index in [9.17, 15) is 23.3 Å². The molecule has 3 aromatic rings. The van der Waals surface area contributed by atoms with Gasteiger partial charge in [-0.15, -0.1) is 0 Å². The Bertz CT molecular complexity index is 1310. The molecule has 1 N–H and O–H groups in total. The molecule has 0 spiro atoms. The first kappa shape index (κ1) is 20.6. The number of halogens is 1. The molecule has 0 aliphatic carbocycles. The van der Waals surface area contributed by atoms with Crippen molar-refractivity contribution in [3.8, 4) is 0 Å². The highest BCUT2D eigenvalue weighted by atomic mass is 35.5. The summed E-state index contributed by atoms with van der Waals surface area (Å²) >= 11 is 6.04. The standard InChI is InChI=1S/C19H19ClN4O5S/c1-12-15(20)10-14(11-18(12)24(26)27)30(28,29)22-8-6-13(7-9-22)23-17-5-3-2-4-16(17)21-19(23)25/h2-5,10-11,13H,6-9H2,1H3,(H,21,25). The number of hydrogen-bond donors (Lipinski definition) is 1. The lowest BCUT2D eigenvalue weighted by atomic mass is 10.1. The zero-order valence-corrected chi connectivity index (χ0v) is 17.6. The number of imidazole rings is 1. The maximum absolute atomic E-state index is 13.1. The Morgan fingerprint density at radius 1 is 1.20 bits per heavy atom. The number of aromatic nitrogens is 2. The number of nitrogens with zero attached hydrogens (tertiary/aromatic N) is 3. The third-order valence-electron chi connectivity index (χ3n) is 5.54. The Kier molecular flexibility index (Phi) is 5.16. The minimum absolute atomic E-state index is 0.0306. The molecule has 11 heteroatoms. The Labute approximate surface area is 177 Å². The van der Waals surface area contributed by atoms with E-state index in [2.05, 4.69) is 4.98 Å². The van der Waals surface area contributed by atoms with Crippen LogP contribution in [0.4, 0.5) is 5.69 Å². The molecule has 0 amide bonds. The molecular formula is C19H19ClN4O5S. The summed E-state index contributed by atoms with van der Waals surface area (Å²) < 4.78 is 29.1. The third kappa shape index (κ3) is 3.40. The number of aromatic amines is 1. The summed E-state index contributed by atoms with van der Waals surface area (Å²) in [4.78, 5) is 25.6. The number of nitro groups is 1. The Morgan fingerprint density at radius 2 is 1.87 bits per heavy atom. The van der Waals surface area contributed by atoms with Crippen LogP contribution in [-0.2, 0) is 10.0 Å². The molecule has 1 aromatic heterocycles. The lowest BCUT2D eigenvalue weighted by Crippen LogP contribution is -2.40.